The molecule has 0 aromatic carbocycles. The molecule has 0 aliphatic carbocycles. The fourth-order valence-electron chi connectivity index (χ4n) is 1.95. The number of methoxy groups -OCH3 is 1. The first-order valence-corrected chi connectivity index (χ1v) is 7.66. The van der Waals surface area contributed by atoms with Gasteiger partial charge in [-0.25, -0.2) is 0 Å². The van der Waals surface area contributed by atoms with Crippen LogP contribution in [0.15, 0.2) is 0 Å². The minimum absolute atomic E-state index is 0.591. The van der Waals surface area contributed by atoms with Gasteiger partial charge in [-0.15, -0.1) is 0 Å². The van der Waals surface area contributed by atoms with Gasteiger partial charge in [0, 0.05) is 40.4 Å². The molecule has 7 heteroatoms. The third kappa shape index (κ3) is 6.12. The van der Waals surface area contributed by atoms with Crippen molar-refractivity contribution in [3.8, 4) is 0 Å². The Labute approximate surface area is 127 Å². The zero-order valence-corrected chi connectivity index (χ0v) is 13.6. The van der Waals surface area contributed by atoms with Crippen molar-refractivity contribution in [1.82, 2.24) is 15.0 Å². The Bertz CT molecular complexity index is 397. The largest absolute Gasteiger partial charge is 0.385 e. The summed E-state index contributed by atoms with van der Waals surface area (Å²) in [6.45, 7) is 7.61. The van der Waals surface area contributed by atoms with Crippen molar-refractivity contribution in [2.24, 2.45) is 0 Å². The van der Waals surface area contributed by atoms with E-state index in [1.165, 1.54) is 0 Å². The first-order chi connectivity index (χ1) is 10.2. The fraction of sp³-hybridized carbons (Fsp3) is 0.786. The Morgan fingerprint density at radius 2 is 1.71 bits per heavy atom. The van der Waals surface area contributed by atoms with E-state index in [1.54, 1.807) is 7.11 Å². The third-order valence-corrected chi connectivity index (χ3v) is 3.20. The highest BCUT2D eigenvalue weighted by atomic mass is 16.5. The molecule has 0 saturated carbocycles. The average molecular weight is 296 g/mol. The van der Waals surface area contributed by atoms with E-state index in [0.29, 0.717) is 17.8 Å². The monoisotopic (exact) mass is 296 g/mol. The van der Waals surface area contributed by atoms with Crippen molar-refractivity contribution in [3.63, 3.8) is 0 Å². The van der Waals surface area contributed by atoms with Gasteiger partial charge in [0.2, 0.25) is 17.8 Å². The lowest BCUT2D eigenvalue weighted by Gasteiger charge is -2.19. The molecule has 0 spiro atoms. The molecule has 0 aliphatic rings. The van der Waals surface area contributed by atoms with Crippen LogP contribution in [0.1, 0.15) is 33.1 Å². The molecule has 7 nitrogen and oxygen atoms in total. The third-order valence-electron chi connectivity index (χ3n) is 3.20. The van der Waals surface area contributed by atoms with Gasteiger partial charge >= 0.3 is 0 Å². The van der Waals surface area contributed by atoms with Crippen LogP contribution in [-0.2, 0) is 4.74 Å². The Morgan fingerprint density at radius 3 is 2.33 bits per heavy atom. The van der Waals surface area contributed by atoms with Crippen LogP contribution in [0.4, 0.5) is 17.8 Å². The molecule has 21 heavy (non-hydrogen) atoms. The molecule has 1 aromatic heterocycles. The molecule has 0 amide bonds. The minimum Gasteiger partial charge on any atom is -0.385 e. The van der Waals surface area contributed by atoms with Gasteiger partial charge in [0.05, 0.1) is 0 Å². The molecule has 120 valence electrons. The molecule has 0 radical (unpaired) electrons. The molecule has 0 bridgehead atoms. The van der Waals surface area contributed by atoms with Crippen LogP contribution in [0, 0.1) is 0 Å². The molecular formula is C14H28N6O. The number of nitrogens with zero attached hydrogens (tertiary/aromatic N) is 4. The summed E-state index contributed by atoms with van der Waals surface area (Å²) in [5.74, 6) is 1.93. The first kappa shape index (κ1) is 17.4. The van der Waals surface area contributed by atoms with Crippen LogP contribution in [0.3, 0.4) is 0 Å². The molecule has 0 unspecified atom stereocenters. The number of hydrogen-bond acceptors (Lipinski definition) is 7. The van der Waals surface area contributed by atoms with E-state index in [2.05, 4.69) is 44.3 Å². The van der Waals surface area contributed by atoms with E-state index in [9.17, 15) is 0 Å². The summed E-state index contributed by atoms with van der Waals surface area (Å²) in [4.78, 5) is 15.3. The van der Waals surface area contributed by atoms with E-state index in [-0.39, 0.29) is 0 Å². The second-order valence-electron chi connectivity index (χ2n) is 4.69. The highest BCUT2D eigenvalue weighted by Gasteiger charge is 2.10. The summed E-state index contributed by atoms with van der Waals surface area (Å²) in [5.41, 5.74) is 0. The summed E-state index contributed by atoms with van der Waals surface area (Å²) in [6, 6.07) is 0. The highest BCUT2D eigenvalue weighted by molar-refractivity contribution is 5.43. The zero-order valence-electron chi connectivity index (χ0n) is 13.6. The maximum Gasteiger partial charge on any atom is 0.231 e. The molecule has 1 rings (SSSR count). The lowest BCUT2D eigenvalue weighted by atomic mass is 10.2. The summed E-state index contributed by atoms with van der Waals surface area (Å²) in [7, 11) is 3.55. The van der Waals surface area contributed by atoms with Crippen molar-refractivity contribution < 1.29 is 4.74 Å². The quantitative estimate of drug-likeness (QED) is 0.605. The van der Waals surface area contributed by atoms with Gasteiger partial charge in [-0.05, 0) is 33.1 Å². The van der Waals surface area contributed by atoms with Crippen LogP contribution >= 0.6 is 0 Å². The normalized spacial score (nSPS) is 10.5. The van der Waals surface area contributed by atoms with Crippen molar-refractivity contribution in [1.29, 1.82) is 0 Å². The molecular weight excluding hydrogens is 268 g/mol. The molecule has 1 aromatic rings. The van der Waals surface area contributed by atoms with Crippen molar-refractivity contribution >= 4 is 17.8 Å². The van der Waals surface area contributed by atoms with Crippen LogP contribution in [0.25, 0.3) is 0 Å². The maximum absolute atomic E-state index is 5.04. The smallest absolute Gasteiger partial charge is 0.231 e. The number of rotatable bonds is 11. The summed E-state index contributed by atoms with van der Waals surface area (Å²) in [6.07, 6.45) is 3.29. The van der Waals surface area contributed by atoms with Gasteiger partial charge in [0.15, 0.2) is 0 Å². The summed E-state index contributed by atoms with van der Waals surface area (Å²) >= 11 is 0. The van der Waals surface area contributed by atoms with Gasteiger partial charge in [0.1, 0.15) is 0 Å². The Balaban J connectivity index is 2.58. The maximum atomic E-state index is 5.04. The van der Waals surface area contributed by atoms with Crippen LogP contribution in [0.5, 0.6) is 0 Å². The molecule has 0 atom stereocenters. The topological polar surface area (TPSA) is 75.2 Å². The average Bonchev–Trinajstić information content (AvgIpc) is 2.51. The van der Waals surface area contributed by atoms with Gasteiger partial charge in [-0.2, -0.15) is 15.0 Å². The number of anilines is 3. The minimum atomic E-state index is 0.591. The predicted octanol–water partition coefficient (Wildman–Crippen LogP) is 1.99. The molecule has 1 heterocycles. The molecule has 0 fully saturated rings. The Hall–Kier alpha value is -1.63. The summed E-state index contributed by atoms with van der Waals surface area (Å²) < 4.78 is 5.04. The van der Waals surface area contributed by atoms with Crippen molar-refractivity contribution in [3.05, 3.63) is 0 Å². The number of hydrogen-bond donors (Lipinski definition) is 2. The van der Waals surface area contributed by atoms with Crippen LogP contribution < -0.4 is 15.5 Å². The lowest BCUT2D eigenvalue weighted by molar-refractivity contribution is 0.192. The van der Waals surface area contributed by atoms with Gasteiger partial charge < -0.3 is 20.3 Å². The zero-order chi connectivity index (χ0) is 15.5. The predicted molar refractivity (Wildman–Crippen MR) is 87.2 cm³/mol. The van der Waals surface area contributed by atoms with Crippen molar-refractivity contribution in [2.75, 3.05) is 55.9 Å². The van der Waals surface area contributed by atoms with Crippen LogP contribution in [0.2, 0.25) is 0 Å². The molecule has 0 aliphatic heterocycles. The number of ether oxygens (including phenoxy) is 1. The molecule has 2 N–H and O–H groups in total. The second-order valence-corrected chi connectivity index (χ2v) is 4.69. The SMILES string of the molecule is CCN(CC)c1nc(NC)nc(NCCCCCOC)n1. The van der Waals surface area contributed by atoms with Gasteiger partial charge in [-0.3, -0.25) is 0 Å². The van der Waals surface area contributed by atoms with E-state index >= 15 is 0 Å². The van der Waals surface area contributed by atoms with Crippen LogP contribution in [-0.4, -0.2) is 55.4 Å². The second kappa shape index (κ2) is 10.1. The van der Waals surface area contributed by atoms with E-state index in [0.717, 1.165) is 45.5 Å². The fourth-order valence-corrected chi connectivity index (χ4v) is 1.95. The molecule has 0 saturated heterocycles. The van der Waals surface area contributed by atoms with Crippen molar-refractivity contribution in [2.45, 2.75) is 33.1 Å². The number of nitrogens with one attached hydrogen (secondary N) is 2. The standard InChI is InChI=1S/C14H28N6O/c1-5-20(6-2)14-18-12(15-3)17-13(19-14)16-10-8-7-9-11-21-4/h5-11H2,1-4H3,(H2,15,16,17,18,19). The summed E-state index contributed by atoms with van der Waals surface area (Å²) in [5, 5.41) is 6.25. The van der Waals surface area contributed by atoms with E-state index < -0.39 is 0 Å². The van der Waals surface area contributed by atoms with Gasteiger partial charge in [-0.1, -0.05) is 0 Å². The highest BCUT2D eigenvalue weighted by Crippen LogP contribution is 2.13. The van der Waals surface area contributed by atoms with E-state index in [4.69, 9.17) is 4.74 Å². The number of aromatic nitrogens is 3. The van der Waals surface area contributed by atoms with E-state index in [1.807, 2.05) is 7.05 Å². The lowest BCUT2D eigenvalue weighted by Crippen LogP contribution is -2.25. The Morgan fingerprint density at radius 1 is 1.00 bits per heavy atom. The number of unbranched alkanes of at least 4 members (excludes halogenated alkanes) is 2. The van der Waals surface area contributed by atoms with Gasteiger partial charge in [0.25, 0.3) is 0 Å². The first-order valence-electron chi connectivity index (χ1n) is 7.66. The Kier molecular flexibility index (Phi) is 8.42.